The van der Waals surface area contributed by atoms with Crippen LogP contribution >= 0.6 is 23.4 Å². The van der Waals surface area contributed by atoms with E-state index in [-0.39, 0.29) is 0 Å². The molecule has 0 saturated heterocycles. The van der Waals surface area contributed by atoms with Crippen LogP contribution < -0.4 is 0 Å². The Bertz CT molecular complexity index is 468. The fourth-order valence-electron chi connectivity index (χ4n) is 1.27. The Hall–Kier alpha value is -0.810. The summed E-state index contributed by atoms with van der Waals surface area (Å²) in [7, 11) is 0. The van der Waals surface area contributed by atoms with Crippen LogP contribution in [0.4, 0.5) is 0 Å². The van der Waals surface area contributed by atoms with Crippen LogP contribution in [0.1, 0.15) is 12.7 Å². The minimum atomic E-state index is 0.537. The fourth-order valence-corrected chi connectivity index (χ4v) is 1.98. The average Bonchev–Trinajstić information content (AvgIpc) is 2.63. The summed E-state index contributed by atoms with van der Waals surface area (Å²) in [4.78, 5) is 4.22. The van der Waals surface area contributed by atoms with E-state index in [4.69, 9.17) is 11.6 Å². The summed E-state index contributed by atoms with van der Waals surface area (Å²) < 4.78 is 1.90. The van der Waals surface area contributed by atoms with Crippen LogP contribution in [0.3, 0.4) is 0 Å². The van der Waals surface area contributed by atoms with E-state index in [1.807, 2.05) is 17.6 Å². The Labute approximate surface area is 90.7 Å². The van der Waals surface area contributed by atoms with Gasteiger partial charge in [-0.25, -0.2) is 4.98 Å². The van der Waals surface area contributed by atoms with E-state index in [9.17, 15) is 0 Å². The molecule has 0 aliphatic rings. The summed E-state index contributed by atoms with van der Waals surface area (Å²) in [6.07, 6.45) is 4.39. The van der Waals surface area contributed by atoms with Crippen molar-refractivity contribution in [3.8, 4) is 0 Å². The third-order valence-electron chi connectivity index (χ3n) is 1.92. The second kappa shape index (κ2) is 3.74. The van der Waals surface area contributed by atoms with Gasteiger partial charge in [0.25, 0.3) is 0 Å². The van der Waals surface area contributed by atoms with Gasteiger partial charge in [-0.3, -0.25) is 4.40 Å². The van der Waals surface area contributed by atoms with Crippen LogP contribution in [-0.4, -0.2) is 25.8 Å². The summed E-state index contributed by atoms with van der Waals surface area (Å²) in [5.41, 5.74) is 0.683. The Morgan fingerprint density at radius 3 is 2.93 bits per heavy atom. The number of hydrogen-bond donors (Lipinski definition) is 0. The van der Waals surface area contributed by atoms with Gasteiger partial charge in [0, 0.05) is 6.42 Å². The fraction of sp³-hybridized carbons (Fsp3) is 0.375. The van der Waals surface area contributed by atoms with Gasteiger partial charge in [0.1, 0.15) is 10.8 Å². The molecule has 0 atom stereocenters. The molecular formula is C8H9ClN4S. The number of hydrogen-bond acceptors (Lipinski definition) is 4. The minimum absolute atomic E-state index is 0.537. The molecule has 2 rings (SSSR count). The van der Waals surface area contributed by atoms with E-state index in [2.05, 4.69) is 15.2 Å². The second-order valence-corrected chi connectivity index (χ2v) is 3.90. The quantitative estimate of drug-likeness (QED) is 0.583. The molecule has 0 aromatic carbocycles. The summed E-state index contributed by atoms with van der Waals surface area (Å²) in [6, 6.07) is 0. The lowest BCUT2D eigenvalue weighted by Crippen LogP contribution is -1.98. The third kappa shape index (κ3) is 1.36. The van der Waals surface area contributed by atoms with Crippen LogP contribution in [-0.2, 0) is 6.42 Å². The summed E-state index contributed by atoms with van der Waals surface area (Å²) in [6.45, 7) is 2.03. The van der Waals surface area contributed by atoms with Crippen molar-refractivity contribution >= 4 is 29.0 Å². The molecule has 0 N–H and O–H groups in total. The summed E-state index contributed by atoms with van der Waals surface area (Å²) >= 11 is 7.52. The van der Waals surface area contributed by atoms with Crippen molar-refractivity contribution in [1.29, 1.82) is 0 Å². The Morgan fingerprint density at radius 1 is 1.50 bits per heavy atom. The summed E-state index contributed by atoms with van der Waals surface area (Å²) in [5, 5.41) is 9.49. The molecule has 0 unspecified atom stereocenters. The molecule has 0 fully saturated rings. The highest BCUT2D eigenvalue weighted by atomic mass is 35.5. The highest BCUT2D eigenvalue weighted by Gasteiger charge is 2.11. The van der Waals surface area contributed by atoms with Crippen LogP contribution in [0, 0.1) is 0 Å². The van der Waals surface area contributed by atoms with Crippen LogP contribution in [0.25, 0.3) is 5.65 Å². The normalized spacial score (nSPS) is 11.1. The molecule has 0 radical (unpaired) electrons. The Morgan fingerprint density at radius 2 is 2.29 bits per heavy atom. The molecule has 2 aromatic rings. The molecule has 6 heteroatoms. The number of aryl methyl sites for hydroxylation is 1. The molecule has 0 saturated carbocycles. The van der Waals surface area contributed by atoms with Gasteiger partial charge in [0.15, 0.2) is 10.8 Å². The zero-order valence-corrected chi connectivity index (χ0v) is 9.43. The standard InChI is InChI=1S/C8H9ClN4S/c1-3-6-11-12-7-5(9)4-10-8(14-2)13(6)7/h4H,3H2,1-2H3. The monoisotopic (exact) mass is 228 g/mol. The van der Waals surface area contributed by atoms with Gasteiger partial charge in [-0.1, -0.05) is 30.3 Å². The lowest BCUT2D eigenvalue weighted by Gasteiger charge is -2.02. The minimum Gasteiger partial charge on any atom is -0.256 e. The van der Waals surface area contributed by atoms with Crippen molar-refractivity contribution in [1.82, 2.24) is 19.6 Å². The van der Waals surface area contributed by atoms with Crippen LogP contribution in [0.5, 0.6) is 0 Å². The Balaban J connectivity index is 2.82. The first kappa shape index (κ1) is 9.73. The molecule has 4 nitrogen and oxygen atoms in total. The van der Waals surface area contributed by atoms with Gasteiger partial charge >= 0.3 is 0 Å². The van der Waals surface area contributed by atoms with Gasteiger partial charge in [-0.05, 0) is 6.26 Å². The topological polar surface area (TPSA) is 43.1 Å². The third-order valence-corrected chi connectivity index (χ3v) is 2.84. The highest BCUT2D eigenvalue weighted by Crippen LogP contribution is 2.21. The molecule has 0 bridgehead atoms. The molecule has 2 heterocycles. The zero-order valence-electron chi connectivity index (χ0n) is 7.86. The van der Waals surface area contributed by atoms with E-state index >= 15 is 0 Å². The average molecular weight is 229 g/mol. The van der Waals surface area contributed by atoms with Crippen molar-refractivity contribution in [2.24, 2.45) is 0 Å². The number of rotatable bonds is 2. The van der Waals surface area contributed by atoms with Gasteiger partial charge in [0.05, 0.1) is 6.20 Å². The van der Waals surface area contributed by atoms with E-state index in [0.717, 1.165) is 17.4 Å². The lowest BCUT2D eigenvalue weighted by molar-refractivity contribution is 0.819. The smallest absolute Gasteiger partial charge is 0.183 e. The number of fused-ring (bicyclic) bond motifs is 1. The first-order chi connectivity index (χ1) is 6.77. The second-order valence-electron chi connectivity index (χ2n) is 2.72. The summed E-state index contributed by atoms with van der Waals surface area (Å²) in [5.74, 6) is 0.888. The molecule has 0 aliphatic carbocycles. The number of aromatic nitrogens is 4. The number of thioether (sulfide) groups is 1. The van der Waals surface area contributed by atoms with Crippen molar-refractivity contribution in [2.45, 2.75) is 18.5 Å². The van der Waals surface area contributed by atoms with Crippen molar-refractivity contribution in [2.75, 3.05) is 6.26 Å². The predicted octanol–water partition coefficient (Wildman–Crippen LogP) is 2.06. The first-order valence-corrected chi connectivity index (χ1v) is 5.80. The zero-order chi connectivity index (χ0) is 10.1. The van der Waals surface area contributed by atoms with Crippen molar-refractivity contribution in [3.05, 3.63) is 17.0 Å². The van der Waals surface area contributed by atoms with Gasteiger partial charge in [-0.15, -0.1) is 10.2 Å². The van der Waals surface area contributed by atoms with Crippen LogP contribution in [0.2, 0.25) is 5.02 Å². The van der Waals surface area contributed by atoms with Crippen molar-refractivity contribution in [3.63, 3.8) is 0 Å². The van der Waals surface area contributed by atoms with Crippen LogP contribution in [0.15, 0.2) is 11.4 Å². The van der Waals surface area contributed by atoms with Gasteiger partial charge < -0.3 is 0 Å². The van der Waals surface area contributed by atoms with Gasteiger partial charge in [0.2, 0.25) is 0 Å². The maximum atomic E-state index is 5.96. The largest absolute Gasteiger partial charge is 0.256 e. The maximum absolute atomic E-state index is 5.96. The molecule has 14 heavy (non-hydrogen) atoms. The predicted molar refractivity (Wildman–Crippen MR) is 57.0 cm³/mol. The first-order valence-electron chi connectivity index (χ1n) is 4.20. The maximum Gasteiger partial charge on any atom is 0.183 e. The molecule has 0 amide bonds. The number of halogens is 1. The van der Waals surface area contributed by atoms with Gasteiger partial charge in [-0.2, -0.15) is 0 Å². The molecule has 0 aliphatic heterocycles. The molecular weight excluding hydrogens is 220 g/mol. The van der Waals surface area contributed by atoms with E-state index in [1.54, 1.807) is 18.0 Å². The molecule has 2 aromatic heterocycles. The Kier molecular flexibility index (Phi) is 2.60. The van der Waals surface area contributed by atoms with E-state index in [1.165, 1.54) is 0 Å². The number of nitrogens with zero attached hydrogens (tertiary/aromatic N) is 4. The van der Waals surface area contributed by atoms with E-state index < -0.39 is 0 Å². The molecule has 74 valence electrons. The molecule has 0 spiro atoms. The van der Waals surface area contributed by atoms with E-state index in [0.29, 0.717) is 10.7 Å². The van der Waals surface area contributed by atoms with Crippen molar-refractivity contribution < 1.29 is 0 Å². The highest BCUT2D eigenvalue weighted by molar-refractivity contribution is 7.98. The SMILES string of the molecule is CCc1nnc2c(Cl)cnc(SC)n12. The lowest BCUT2D eigenvalue weighted by atomic mass is 10.4.